The number of nitrogens with two attached hydrogens (primary N) is 2. The van der Waals surface area contributed by atoms with Gasteiger partial charge in [0, 0.05) is 20.1 Å². The number of aryl methyl sites for hydroxylation is 2. The van der Waals surface area contributed by atoms with Crippen LogP contribution in [0, 0.1) is 11.8 Å². The molecule has 7 amide bonds. The average molecular weight is 907 g/mol. The fourth-order valence-electron chi connectivity index (χ4n) is 7.43. The third-order valence-electron chi connectivity index (χ3n) is 11.9. The highest BCUT2D eigenvalue weighted by Gasteiger charge is 2.37. The van der Waals surface area contributed by atoms with E-state index in [1.807, 2.05) is 51.1 Å². The molecule has 2 aromatic rings. The number of amides is 7. The average Bonchev–Trinajstić information content (AvgIpc) is 3.28. The van der Waals surface area contributed by atoms with E-state index in [1.54, 1.807) is 19.1 Å². The summed E-state index contributed by atoms with van der Waals surface area (Å²) in [4.78, 5) is 102. The molecule has 8 atom stereocenters. The van der Waals surface area contributed by atoms with Crippen molar-refractivity contribution in [1.82, 2.24) is 36.8 Å². The van der Waals surface area contributed by atoms with Crippen LogP contribution in [0.3, 0.4) is 0 Å². The van der Waals surface area contributed by atoms with Gasteiger partial charge in [0.25, 0.3) is 0 Å². The fraction of sp³-hybridized carbons (Fsp3) is 0.565. The second kappa shape index (κ2) is 27.0. The molecule has 2 aromatic carbocycles. The Morgan fingerprint density at radius 1 is 0.815 bits per heavy atom. The number of nitrogens with one attached hydrogen (secondary N) is 6. The Morgan fingerprint density at radius 2 is 1.42 bits per heavy atom. The molecule has 1 aliphatic rings. The van der Waals surface area contributed by atoms with Crippen molar-refractivity contribution in [2.24, 2.45) is 28.3 Å². The van der Waals surface area contributed by atoms with Crippen molar-refractivity contribution in [2.75, 3.05) is 20.1 Å². The maximum atomic E-state index is 14.7. The highest BCUT2D eigenvalue weighted by molar-refractivity contribution is 5.96. The van der Waals surface area contributed by atoms with E-state index in [1.165, 1.54) is 24.1 Å². The lowest BCUT2D eigenvalue weighted by Gasteiger charge is -2.34. The summed E-state index contributed by atoms with van der Waals surface area (Å²) in [6, 6.07) is 7.96. The molecule has 1 saturated heterocycles. The molecule has 19 heteroatoms. The van der Waals surface area contributed by atoms with Crippen molar-refractivity contribution >= 4 is 47.5 Å². The third-order valence-corrected chi connectivity index (χ3v) is 11.9. The van der Waals surface area contributed by atoms with Crippen LogP contribution in [0.1, 0.15) is 96.6 Å². The van der Waals surface area contributed by atoms with Gasteiger partial charge in [0.2, 0.25) is 29.5 Å². The van der Waals surface area contributed by atoms with E-state index in [0.717, 1.165) is 11.1 Å². The summed E-state index contributed by atoms with van der Waals surface area (Å²) in [6.07, 6.45) is 2.90. The van der Waals surface area contributed by atoms with Crippen LogP contribution < -0.4 is 43.4 Å². The zero-order valence-corrected chi connectivity index (χ0v) is 38.3. The van der Waals surface area contributed by atoms with E-state index in [4.69, 9.17) is 11.5 Å². The minimum Gasteiger partial charge on any atom is -0.508 e. The molecular weight excluding hydrogens is 837 g/mol. The molecule has 0 spiro atoms. The predicted octanol–water partition coefficient (Wildman–Crippen LogP) is 1.81. The van der Waals surface area contributed by atoms with Gasteiger partial charge in [-0.1, -0.05) is 83.0 Å². The zero-order chi connectivity index (χ0) is 48.1. The molecule has 19 nitrogen and oxygen atoms in total. The summed E-state index contributed by atoms with van der Waals surface area (Å²) in [5.74, 6) is -5.08. The second-order valence-electron chi connectivity index (χ2n) is 16.8. The van der Waals surface area contributed by atoms with Crippen molar-refractivity contribution in [2.45, 2.75) is 135 Å². The van der Waals surface area contributed by atoms with Gasteiger partial charge in [0.1, 0.15) is 42.0 Å². The molecule has 1 heterocycles. The van der Waals surface area contributed by atoms with Gasteiger partial charge < -0.3 is 58.5 Å². The smallest absolute Gasteiger partial charge is 0.326 e. The van der Waals surface area contributed by atoms with Gasteiger partial charge in [-0.2, -0.15) is 0 Å². The van der Waals surface area contributed by atoms with Gasteiger partial charge in [-0.25, -0.2) is 9.59 Å². The Hall–Kier alpha value is -6.40. The number of carboxylic acids is 1. The predicted molar refractivity (Wildman–Crippen MR) is 246 cm³/mol. The standard InChI is InChI=1S/C46H70N10O9/c1-6-28(3)37-41(60)49-26-12-11-16-33(52-46(65)53-35(44(63)64)17-13-27-50-45(47)48)39(58)54-38(29(4)7-2)42(61)51-34(24-20-30-14-9-8-10-15-30)43(62)56(5)36(40(59)55-37)25-21-31-18-22-32(57)23-19-31/h8-10,14-15,18-19,22-23,28-29,33-38,57H,6-7,11-13,16-17,20-21,24-27H2,1-5H3,(H,49,60)(H,51,61)(H,54,58)(H,55,59)(H,63,64)(H4,47,48,50)(H2,52,53,65)/t28-,29-,33+,34-,35-,36-,37-,38-/m0/s1. The highest BCUT2D eigenvalue weighted by Crippen LogP contribution is 2.19. The maximum absolute atomic E-state index is 14.7. The molecule has 12 N–H and O–H groups in total. The number of carbonyl (C=O) groups is 7. The van der Waals surface area contributed by atoms with Crippen LogP contribution >= 0.6 is 0 Å². The van der Waals surface area contributed by atoms with Gasteiger partial charge in [0.15, 0.2) is 5.96 Å². The molecule has 65 heavy (non-hydrogen) atoms. The molecule has 0 aromatic heterocycles. The van der Waals surface area contributed by atoms with Gasteiger partial charge in [0.05, 0.1) is 0 Å². The molecule has 0 saturated carbocycles. The van der Waals surface area contributed by atoms with Crippen molar-refractivity contribution in [3.8, 4) is 5.75 Å². The van der Waals surface area contributed by atoms with Crippen LogP contribution in [0.25, 0.3) is 0 Å². The van der Waals surface area contributed by atoms with Crippen LogP contribution in [0.15, 0.2) is 59.6 Å². The molecule has 358 valence electrons. The number of aliphatic carboxylic acids is 1. The Labute approximate surface area is 381 Å². The van der Waals surface area contributed by atoms with Gasteiger partial charge >= 0.3 is 12.0 Å². The number of phenolic OH excluding ortho intramolecular Hbond substituents is 1. The Balaban J connectivity index is 2.04. The quantitative estimate of drug-likeness (QED) is 0.0620. The van der Waals surface area contributed by atoms with E-state index in [2.05, 4.69) is 36.9 Å². The number of hydrogen-bond acceptors (Lipinski definition) is 9. The van der Waals surface area contributed by atoms with Crippen LogP contribution in [-0.2, 0) is 41.6 Å². The Kier molecular flexibility index (Phi) is 22.0. The topological polar surface area (TPSA) is 300 Å². The lowest BCUT2D eigenvalue weighted by Crippen LogP contribution is -2.61. The fourth-order valence-corrected chi connectivity index (χ4v) is 7.43. The van der Waals surface area contributed by atoms with E-state index < -0.39 is 83.7 Å². The van der Waals surface area contributed by atoms with Crippen LogP contribution in [-0.4, -0.2) is 119 Å². The maximum Gasteiger partial charge on any atom is 0.326 e. The number of carboxylic acid groups (broad SMARTS) is 1. The number of nitrogens with zero attached hydrogens (tertiary/aromatic N) is 2. The number of phenols is 1. The van der Waals surface area contributed by atoms with Crippen molar-refractivity contribution in [3.05, 3.63) is 65.7 Å². The number of urea groups is 1. The first kappa shape index (κ1) is 52.9. The normalized spacial score (nSPS) is 22.0. The van der Waals surface area contributed by atoms with Gasteiger partial charge in [-0.3, -0.25) is 29.0 Å². The van der Waals surface area contributed by atoms with Crippen LogP contribution in [0.5, 0.6) is 5.75 Å². The van der Waals surface area contributed by atoms with Gasteiger partial charge in [-0.05, 0) is 92.9 Å². The van der Waals surface area contributed by atoms with Crippen molar-refractivity contribution in [1.29, 1.82) is 0 Å². The summed E-state index contributed by atoms with van der Waals surface area (Å²) < 4.78 is 0. The number of rotatable bonds is 17. The summed E-state index contributed by atoms with van der Waals surface area (Å²) in [6.45, 7) is 7.62. The molecule has 3 rings (SSSR count). The number of benzene rings is 2. The first-order valence-electron chi connectivity index (χ1n) is 22.6. The summed E-state index contributed by atoms with van der Waals surface area (Å²) in [5.41, 5.74) is 12.4. The highest BCUT2D eigenvalue weighted by atomic mass is 16.4. The van der Waals surface area contributed by atoms with Crippen LogP contribution in [0.4, 0.5) is 4.79 Å². The lowest BCUT2D eigenvalue weighted by atomic mass is 9.95. The minimum atomic E-state index is -1.33. The number of likely N-dealkylation sites (N-methyl/N-ethyl adjacent to an activating group) is 1. The SMILES string of the molecule is CC[C@H](C)[C@@H]1NC(=O)[C@H](NC(=O)N[C@@H](CCCN=C(N)N)C(=O)O)CCCCNC(=O)[C@H]([C@@H](C)CC)NC(=O)[C@H](CCc2ccc(O)cc2)N(C)C(=O)[C@H](CCc2ccccc2)NC1=O. The number of carbonyl (C=O) groups excluding carboxylic acids is 6. The molecule has 0 unspecified atom stereocenters. The van der Waals surface area contributed by atoms with E-state index in [-0.39, 0.29) is 62.8 Å². The largest absolute Gasteiger partial charge is 0.508 e. The molecule has 0 bridgehead atoms. The molecular formula is C46H70N10O9. The summed E-state index contributed by atoms with van der Waals surface area (Å²) in [5, 5.41) is 36.2. The third kappa shape index (κ3) is 17.6. The molecule has 1 aliphatic heterocycles. The molecule has 0 radical (unpaired) electrons. The zero-order valence-electron chi connectivity index (χ0n) is 38.3. The van der Waals surface area contributed by atoms with Crippen LogP contribution in [0.2, 0.25) is 0 Å². The summed E-state index contributed by atoms with van der Waals surface area (Å²) >= 11 is 0. The van der Waals surface area contributed by atoms with Gasteiger partial charge in [-0.15, -0.1) is 0 Å². The van der Waals surface area contributed by atoms with Crippen molar-refractivity contribution in [3.63, 3.8) is 0 Å². The second-order valence-corrected chi connectivity index (χ2v) is 16.8. The molecule has 0 aliphatic carbocycles. The summed E-state index contributed by atoms with van der Waals surface area (Å²) in [7, 11) is 1.49. The Morgan fingerprint density at radius 3 is 2.03 bits per heavy atom. The number of aromatic hydroxyl groups is 1. The minimum absolute atomic E-state index is 0.0110. The van der Waals surface area contributed by atoms with E-state index >= 15 is 0 Å². The number of aliphatic imine (C=N–C) groups is 1. The van der Waals surface area contributed by atoms with E-state index in [0.29, 0.717) is 38.5 Å². The lowest BCUT2D eigenvalue weighted by molar-refractivity contribution is -0.143. The first-order chi connectivity index (χ1) is 30.9. The monoisotopic (exact) mass is 907 g/mol. The molecule has 1 fully saturated rings. The van der Waals surface area contributed by atoms with E-state index in [9.17, 15) is 43.8 Å². The first-order valence-corrected chi connectivity index (χ1v) is 22.6. The van der Waals surface area contributed by atoms with Crippen molar-refractivity contribution < 1.29 is 43.8 Å². The number of guanidine groups is 1. The number of hydrogen-bond donors (Lipinski definition) is 10. The Bertz CT molecular complexity index is 1910.